The summed E-state index contributed by atoms with van der Waals surface area (Å²) < 4.78 is 0. The molecule has 1 N–H and O–H groups in total. The summed E-state index contributed by atoms with van der Waals surface area (Å²) in [6, 6.07) is 28.5. The Balaban J connectivity index is 1.73. The van der Waals surface area contributed by atoms with Crippen molar-refractivity contribution in [1.29, 1.82) is 0 Å². The normalized spacial score (nSPS) is 10.4. The second-order valence-corrected chi connectivity index (χ2v) is 6.26. The van der Waals surface area contributed by atoms with Crippen molar-refractivity contribution in [3.05, 3.63) is 102 Å². The number of benzene rings is 3. The van der Waals surface area contributed by atoms with Gasteiger partial charge in [-0.2, -0.15) is 0 Å². The lowest BCUT2D eigenvalue weighted by Gasteiger charge is -2.20. The highest BCUT2D eigenvalue weighted by Gasteiger charge is 2.23. The quantitative estimate of drug-likeness (QED) is 0.732. The van der Waals surface area contributed by atoms with E-state index in [4.69, 9.17) is 0 Å². The van der Waals surface area contributed by atoms with E-state index in [1.165, 1.54) is 0 Å². The number of hydrogen-bond donors (Lipinski definition) is 1. The Morgan fingerprint density at radius 3 is 1.70 bits per heavy atom. The Labute approximate surface area is 159 Å². The first-order valence-corrected chi connectivity index (χ1v) is 8.86. The Bertz CT molecular complexity index is 841. The Morgan fingerprint density at radius 2 is 1.22 bits per heavy atom. The number of rotatable bonds is 6. The number of carbonyl (C=O) groups is 2. The lowest BCUT2D eigenvalue weighted by molar-refractivity contribution is -0.125. The van der Waals surface area contributed by atoms with Gasteiger partial charge in [0, 0.05) is 12.7 Å². The summed E-state index contributed by atoms with van der Waals surface area (Å²) in [4.78, 5) is 26.9. The van der Waals surface area contributed by atoms with E-state index in [0.29, 0.717) is 0 Å². The molecule has 0 fully saturated rings. The van der Waals surface area contributed by atoms with Crippen molar-refractivity contribution in [1.82, 2.24) is 5.32 Å². The van der Waals surface area contributed by atoms with Crippen molar-refractivity contribution in [3.8, 4) is 0 Å². The van der Waals surface area contributed by atoms with E-state index >= 15 is 0 Å². The first-order valence-electron chi connectivity index (χ1n) is 8.86. The van der Waals surface area contributed by atoms with Crippen LogP contribution in [-0.2, 0) is 9.59 Å². The number of nitrogens with zero attached hydrogens (tertiary/aromatic N) is 1. The van der Waals surface area contributed by atoms with Crippen LogP contribution in [0.3, 0.4) is 0 Å². The molecule has 0 aliphatic rings. The van der Waals surface area contributed by atoms with Crippen molar-refractivity contribution in [2.45, 2.75) is 5.92 Å². The van der Waals surface area contributed by atoms with Crippen molar-refractivity contribution in [2.24, 2.45) is 0 Å². The highest BCUT2D eigenvalue weighted by molar-refractivity contribution is 5.97. The van der Waals surface area contributed by atoms with Crippen LogP contribution in [0, 0.1) is 0 Å². The number of carbonyl (C=O) groups excluding carboxylic acids is 2. The first-order chi connectivity index (χ1) is 13.2. The average Bonchev–Trinajstić information content (AvgIpc) is 2.74. The van der Waals surface area contributed by atoms with Gasteiger partial charge in [-0.25, -0.2) is 0 Å². The molecule has 0 aromatic heterocycles. The van der Waals surface area contributed by atoms with E-state index in [1.807, 2.05) is 91.0 Å². The molecular formula is C23H22N2O2. The van der Waals surface area contributed by atoms with Crippen molar-refractivity contribution < 1.29 is 9.59 Å². The van der Waals surface area contributed by atoms with Gasteiger partial charge in [-0.15, -0.1) is 0 Å². The summed E-state index contributed by atoms with van der Waals surface area (Å²) in [7, 11) is 1.70. The highest BCUT2D eigenvalue weighted by atomic mass is 16.2. The third kappa shape index (κ3) is 4.61. The molecule has 27 heavy (non-hydrogen) atoms. The molecule has 3 rings (SSSR count). The third-order valence-corrected chi connectivity index (χ3v) is 4.46. The monoisotopic (exact) mass is 358 g/mol. The minimum absolute atomic E-state index is 0.0552. The van der Waals surface area contributed by atoms with Gasteiger partial charge >= 0.3 is 0 Å². The van der Waals surface area contributed by atoms with E-state index in [-0.39, 0.29) is 18.4 Å². The molecular weight excluding hydrogens is 336 g/mol. The zero-order valence-electron chi connectivity index (χ0n) is 15.2. The molecule has 0 heterocycles. The summed E-state index contributed by atoms with van der Waals surface area (Å²) in [5.74, 6) is -0.820. The van der Waals surface area contributed by atoms with Gasteiger partial charge in [0.2, 0.25) is 11.8 Å². The second-order valence-electron chi connectivity index (χ2n) is 6.26. The summed E-state index contributed by atoms with van der Waals surface area (Å²) in [6.45, 7) is -0.0552. The van der Waals surface area contributed by atoms with Crippen molar-refractivity contribution in [3.63, 3.8) is 0 Å². The summed E-state index contributed by atoms with van der Waals surface area (Å²) in [6.07, 6.45) is 0. The average molecular weight is 358 g/mol. The van der Waals surface area contributed by atoms with Crippen LogP contribution in [0.25, 0.3) is 0 Å². The maximum absolute atomic E-state index is 12.9. The topological polar surface area (TPSA) is 49.4 Å². The lowest BCUT2D eigenvalue weighted by Crippen LogP contribution is -2.40. The minimum Gasteiger partial charge on any atom is -0.346 e. The Hall–Kier alpha value is -3.40. The SMILES string of the molecule is CN(C(=O)CNC(=O)C(c1ccccc1)c1ccccc1)c1ccccc1. The summed E-state index contributed by atoms with van der Waals surface area (Å²) in [5, 5.41) is 2.80. The van der Waals surface area contributed by atoms with E-state index in [9.17, 15) is 9.59 Å². The number of amides is 2. The van der Waals surface area contributed by atoms with Gasteiger partial charge in [0.15, 0.2) is 0 Å². The second kappa shape index (κ2) is 8.81. The molecule has 0 radical (unpaired) electrons. The van der Waals surface area contributed by atoms with Crippen LogP contribution in [0.5, 0.6) is 0 Å². The number of likely N-dealkylation sites (N-methyl/N-ethyl adjacent to an activating group) is 1. The third-order valence-electron chi connectivity index (χ3n) is 4.46. The molecule has 4 nitrogen and oxygen atoms in total. The van der Waals surface area contributed by atoms with Crippen LogP contribution in [0.2, 0.25) is 0 Å². The molecule has 2 amide bonds. The molecule has 0 saturated heterocycles. The van der Waals surface area contributed by atoms with Crippen LogP contribution < -0.4 is 10.2 Å². The van der Waals surface area contributed by atoms with Gasteiger partial charge in [0.25, 0.3) is 0 Å². The maximum atomic E-state index is 12.9. The maximum Gasteiger partial charge on any atom is 0.246 e. The molecule has 136 valence electrons. The van der Waals surface area contributed by atoms with Gasteiger partial charge in [-0.05, 0) is 23.3 Å². The zero-order chi connectivity index (χ0) is 19.1. The predicted octanol–water partition coefficient (Wildman–Crippen LogP) is 3.60. The van der Waals surface area contributed by atoms with Gasteiger partial charge in [-0.1, -0.05) is 78.9 Å². The molecule has 3 aromatic carbocycles. The first kappa shape index (κ1) is 18.4. The number of para-hydroxylation sites is 1. The van der Waals surface area contributed by atoms with Crippen LogP contribution >= 0.6 is 0 Å². The van der Waals surface area contributed by atoms with Crippen LogP contribution in [-0.4, -0.2) is 25.4 Å². The Kier molecular flexibility index (Phi) is 6.00. The Morgan fingerprint density at radius 1 is 0.778 bits per heavy atom. The molecule has 0 spiro atoms. The molecule has 0 saturated carbocycles. The van der Waals surface area contributed by atoms with Gasteiger partial charge in [-0.3, -0.25) is 9.59 Å². The van der Waals surface area contributed by atoms with Gasteiger partial charge in [0.05, 0.1) is 12.5 Å². The van der Waals surface area contributed by atoms with E-state index in [1.54, 1.807) is 11.9 Å². The van der Waals surface area contributed by atoms with E-state index in [2.05, 4.69) is 5.32 Å². The molecule has 0 aliphatic heterocycles. The number of hydrogen-bond acceptors (Lipinski definition) is 2. The fraction of sp³-hybridized carbons (Fsp3) is 0.130. The zero-order valence-corrected chi connectivity index (χ0v) is 15.2. The van der Waals surface area contributed by atoms with Crippen molar-refractivity contribution in [2.75, 3.05) is 18.5 Å². The fourth-order valence-electron chi connectivity index (χ4n) is 2.97. The number of nitrogens with one attached hydrogen (secondary N) is 1. The summed E-state index contributed by atoms with van der Waals surface area (Å²) >= 11 is 0. The number of anilines is 1. The smallest absolute Gasteiger partial charge is 0.246 e. The van der Waals surface area contributed by atoms with E-state index in [0.717, 1.165) is 16.8 Å². The molecule has 0 atom stereocenters. The molecule has 0 aliphatic carbocycles. The predicted molar refractivity (Wildman–Crippen MR) is 108 cm³/mol. The van der Waals surface area contributed by atoms with Crippen molar-refractivity contribution >= 4 is 17.5 Å². The largest absolute Gasteiger partial charge is 0.346 e. The highest BCUT2D eigenvalue weighted by Crippen LogP contribution is 2.24. The standard InChI is InChI=1S/C23H22N2O2/c1-25(20-15-9-4-10-16-20)21(26)17-24-23(27)22(18-11-5-2-6-12-18)19-13-7-3-8-14-19/h2-16,22H,17H2,1H3,(H,24,27). The van der Waals surface area contributed by atoms with Gasteiger partial charge in [0.1, 0.15) is 0 Å². The van der Waals surface area contributed by atoms with Crippen LogP contribution in [0.1, 0.15) is 17.0 Å². The van der Waals surface area contributed by atoms with Crippen LogP contribution in [0.15, 0.2) is 91.0 Å². The molecule has 0 unspecified atom stereocenters. The fourth-order valence-corrected chi connectivity index (χ4v) is 2.97. The van der Waals surface area contributed by atoms with E-state index < -0.39 is 5.92 Å². The lowest BCUT2D eigenvalue weighted by atomic mass is 9.90. The molecule has 0 bridgehead atoms. The molecule has 3 aromatic rings. The minimum atomic E-state index is -0.456. The van der Waals surface area contributed by atoms with Crippen LogP contribution in [0.4, 0.5) is 5.69 Å². The van der Waals surface area contributed by atoms with Gasteiger partial charge < -0.3 is 10.2 Å². The summed E-state index contributed by atoms with van der Waals surface area (Å²) in [5.41, 5.74) is 2.58. The molecule has 4 heteroatoms.